The zero-order chi connectivity index (χ0) is 21.8. The number of thiophene rings is 1. The lowest BCUT2D eigenvalue weighted by molar-refractivity contribution is -0.131. The second-order valence-corrected chi connectivity index (χ2v) is 8.71. The molecule has 31 heavy (non-hydrogen) atoms. The average Bonchev–Trinajstić information content (AvgIpc) is 3.37. The summed E-state index contributed by atoms with van der Waals surface area (Å²) in [6.45, 7) is 5.81. The quantitative estimate of drug-likeness (QED) is 0.595. The first-order valence-corrected chi connectivity index (χ1v) is 11.3. The molecule has 1 atom stereocenters. The molecule has 7 nitrogen and oxygen atoms in total. The molecule has 1 saturated heterocycles. The van der Waals surface area contributed by atoms with Gasteiger partial charge in [-0.1, -0.05) is 24.3 Å². The van der Waals surface area contributed by atoms with Gasteiger partial charge in [-0.15, -0.1) is 11.3 Å². The number of carbonyl (C=O) groups excluding carboxylic acids is 2. The van der Waals surface area contributed by atoms with Crippen LogP contribution in [0.3, 0.4) is 0 Å². The summed E-state index contributed by atoms with van der Waals surface area (Å²) >= 11 is 1.69. The molecule has 3 aromatic rings. The van der Waals surface area contributed by atoms with Crippen LogP contribution in [0.2, 0.25) is 0 Å². The topological polar surface area (TPSA) is 79.3 Å². The molecule has 2 aromatic heterocycles. The monoisotopic (exact) mass is 437 g/mol. The van der Waals surface area contributed by atoms with Gasteiger partial charge in [0.1, 0.15) is 6.04 Å². The summed E-state index contributed by atoms with van der Waals surface area (Å²) in [6, 6.07) is 13.4. The van der Waals surface area contributed by atoms with Crippen LogP contribution in [0.5, 0.6) is 0 Å². The molecule has 1 unspecified atom stereocenters. The second-order valence-electron chi connectivity index (χ2n) is 7.68. The SMILES string of the molecule is Cc1nn(-c2ccccc2)c(C)c1C1C(=O)NCCN1CC(=O)NCCc1cccs1. The molecule has 0 saturated carbocycles. The van der Waals surface area contributed by atoms with E-state index in [1.165, 1.54) is 4.88 Å². The Morgan fingerprint density at radius 1 is 1.23 bits per heavy atom. The van der Waals surface area contributed by atoms with Gasteiger partial charge in [0.05, 0.1) is 17.9 Å². The average molecular weight is 438 g/mol. The summed E-state index contributed by atoms with van der Waals surface area (Å²) in [5.74, 6) is -0.154. The van der Waals surface area contributed by atoms with Crippen molar-refractivity contribution in [3.05, 3.63) is 69.7 Å². The molecule has 0 spiro atoms. The van der Waals surface area contributed by atoms with Crippen molar-refractivity contribution in [2.24, 2.45) is 0 Å². The summed E-state index contributed by atoms with van der Waals surface area (Å²) in [6.07, 6.45) is 0.815. The van der Waals surface area contributed by atoms with Gasteiger partial charge in [-0.2, -0.15) is 5.10 Å². The minimum absolute atomic E-state index is 0.0676. The van der Waals surface area contributed by atoms with Crippen LogP contribution in [0, 0.1) is 13.8 Å². The lowest BCUT2D eigenvalue weighted by Crippen LogP contribution is -2.53. The number of benzene rings is 1. The Hall–Kier alpha value is -2.97. The molecule has 4 rings (SSSR count). The van der Waals surface area contributed by atoms with Crippen LogP contribution in [0.15, 0.2) is 47.8 Å². The molecule has 0 bridgehead atoms. The van der Waals surface area contributed by atoms with Crippen molar-refractivity contribution >= 4 is 23.2 Å². The summed E-state index contributed by atoms with van der Waals surface area (Å²) in [5, 5.41) is 12.7. The number of carbonyl (C=O) groups is 2. The molecular formula is C23H27N5O2S. The van der Waals surface area contributed by atoms with E-state index in [1.807, 2.05) is 65.2 Å². The largest absolute Gasteiger partial charge is 0.355 e. The highest BCUT2D eigenvalue weighted by molar-refractivity contribution is 7.09. The van der Waals surface area contributed by atoms with E-state index in [4.69, 9.17) is 5.10 Å². The van der Waals surface area contributed by atoms with Gasteiger partial charge in [0.15, 0.2) is 0 Å². The number of hydrogen-bond donors (Lipinski definition) is 2. The van der Waals surface area contributed by atoms with Crippen molar-refractivity contribution in [1.82, 2.24) is 25.3 Å². The van der Waals surface area contributed by atoms with Crippen LogP contribution in [0.4, 0.5) is 0 Å². The summed E-state index contributed by atoms with van der Waals surface area (Å²) in [4.78, 5) is 28.7. The van der Waals surface area contributed by atoms with Gasteiger partial charge >= 0.3 is 0 Å². The van der Waals surface area contributed by atoms with Crippen LogP contribution in [0.25, 0.3) is 5.69 Å². The van der Waals surface area contributed by atoms with Gasteiger partial charge in [-0.25, -0.2) is 4.68 Å². The van der Waals surface area contributed by atoms with Crippen LogP contribution >= 0.6 is 11.3 Å². The third-order valence-electron chi connectivity index (χ3n) is 5.55. The number of nitrogens with one attached hydrogen (secondary N) is 2. The van der Waals surface area contributed by atoms with E-state index >= 15 is 0 Å². The second kappa shape index (κ2) is 9.45. The predicted molar refractivity (Wildman–Crippen MR) is 121 cm³/mol. The Morgan fingerprint density at radius 3 is 2.77 bits per heavy atom. The number of rotatable bonds is 7. The Bertz CT molecular complexity index is 1050. The molecule has 1 aliphatic rings. The Kier molecular flexibility index (Phi) is 6.48. The molecule has 8 heteroatoms. The van der Waals surface area contributed by atoms with Crippen molar-refractivity contribution in [1.29, 1.82) is 0 Å². The molecule has 1 fully saturated rings. The molecule has 0 aliphatic carbocycles. The number of aryl methyl sites for hydroxylation is 1. The standard InChI is InChI=1S/C23H27N5O2S/c1-16-21(17(2)28(26-16)18-7-4-3-5-8-18)22-23(30)25-12-13-27(22)15-20(29)24-11-10-19-9-6-14-31-19/h3-9,14,22H,10-13,15H2,1-2H3,(H,24,29)(H,25,30). The van der Waals surface area contributed by atoms with E-state index in [-0.39, 0.29) is 18.4 Å². The van der Waals surface area contributed by atoms with Gasteiger partial charge < -0.3 is 10.6 Å². The molecule has 3 heterocycles. The molecule has 2 N–H and O–H groups in total. The van der Waals surface area contributed by atoms with E-state index in [2.05, 4.69) is 16.7 Å². The molecule has 2 amide bonds. The van der Waals surface area contributed by atoms with Crippen molar-refractivity contribution in [2.75, 3.05) is 26.2 Å². The minimum atomic E-state index is -0.533. The van der Waals surface area contributed by atoms with Crippen LogP contribution in [-0.4, -0.2) is 52.7 Å². The van der Waals surface area contributed by atoms with Gasteiger partial charge in [-0.3, -0.25) is 14.5 Å². The first-order valence-electron chi connectivity index (χ1n) is 10.5. The highest BCUT2D eigenvalue weighted by Crippen LogP contribution is 2.30. The van der Waals surface area contributed by atoms with Gasteiger partial charge in [0.2, 0.25) is 11.8 Å². The Balaban J connectivity index is 1.51. The van der Waals surface area contributed by atoms with Crippen molar-refractivity contribution in [3.8, 4) is 5.69 Å². The predicted octanol–water partition coefficient (Wildman–Crippen LogP) is 2.38. The van der Waals surface area contributed by atoms with Crippen molar-refractivity contribution < 1.29 is 9.59 Å². The number of aromatic nitrogens is 2. The third-order valence-corrected chi connectivity index (χ3v) is 6.49. The van der Waals surface area contributed by atoms with E-state index in [1.54, 1.807) is 11.3 Å². The van der Waals surface area contributed by atoms with E-state index in [0.29, 0.717) is 19.6 Å². The van der Waals surface area contributed by atoms with Crippen LogP contribution in [-0.2, 0) is 16.0 Å². The number of para-hydroxylation sites is 1. The number of nitrogens with zero attached hydrogens (tertiary/aromatic N) is 3. The maximum Gasteiger partial charge on any atom is 0.242 e. The fourth-order valence-electron chi connectivity index (χ4n) is 4.09. The fourth-order valence-corrected chi connectivity index (χ4v) is 4.80. The lowest BCUT2D eigenvalue weighted by atomic mass is 10.00. The summed E-state index contributed by atoms with van der Waals surface area (Å²) in [5.41, 5.74) is 3.52. The maximum atomic E-state index is 12.9. The summed E-state index contributed by atoms with van der Waals surface area (Å²) in [7, 11) is 0. The fraction of sp³-hybridized carbons (Fsp3) is 0.348. The number of amides is 2. The molecule has 0 radical (unpaired) electrons. The normalized spacial score (nSPS) is 16.8. The first-order chi connectivity index (χ1) is 15.0. The third kappa shape index (κ3) is 4.70. The van der Waals surface area contributed by atoms with Crippen LogP contribution in [0.1, 0.15) is 27.9 Å². The summed E-state index contributed by atoms with van der Waals surface area (Å²) < 4.78 is 1.87. The Morgan fingerprint density at radius 2 is 2.03 bits per heavy atom. The van der Waals surface area contributed by atoms with E-state index < -0.39 is 6.04 Å². The highest BCUT2D eigenvalue weighted by Gasteiger charge is 2.36. The minimum Gasteiger partial charge on any atom is -0.355 e. The molecule has 162 valence electrons. The number of hydrogen-bond acceptors (Lipinski definition) is 5. The Labute approximate surface area is 186 Å². The maximum absolute atomic E-state index is 12.9. The van der Waals surface area contributed by atoms with Crippen molar-refractivity contribution in [3.63, 3.8) is 0 Å². The molecule has 1 aromatic carbocycles. The zero-order valence-electron chi connectivity index (χ0n) is 17.8. The van der Waals surface area contributed by atoms with Gasteiger partial charge in [0.25, 0.3) is 0 Å². The van der Waals surface area contributed by atoms with E-state index in [0.717, 1.165) is 29.1 Å². The molecular weight excluding hydrogens is 410 g/mol. The van der Waals surface area contributed by atoms with Crippen molar-refractivity contribution in [2.45, 2.75) is 26.3 Å². The number of piperazine rings is 1. The zero-order valence-corrected chi connectivity index (χ0v) is 18.6. The highest BCUT2D eigenvalue weighted by atomic mass is 32.1. The molecule has 1 aliphatic heterocycles. The smallest absolute Gasteiger partial charge is 0.242 e. The van der Waals surface area contributed by atoms with Gasteiger partial charge in [-0.05, 0) is 43.8 Å². The van der Waals surface area contributed by atoms with E-state index in [9.17, 15) is 9.59 Å². The van der Waals surface area contributed by atoms with Gasteiger partial charge in [0, 0.05) is 35.8 Å². The lowest BCUT2D eigenvalue weighted by Gasteiger charge is -2.34. The van der Waals surface area contributed by atoms with Crippen LogP contribution < -0.4 is 10.6 Å². The first kappa shape index (κ1) is 21.3.